The second-order valence-electron chi connectivity index (χ2n) is 5.69. The van der Waals surface area contributed by atoms with Crippen LogP contribution in [0.4, 0.5) is 0 Å². The average molecular weight is 416 g/mol. The van der Waals surface area contributed by atoms with E-state index in [1.807, 2.05) is 7.05 Å². The highest BCUT2D eigenvalue weighted by molar-refractivity contribution is 14.0. The van der Waals surface area contributed by atoms with Gasteiger partial charge in [-0.15, -0.1) is 24.0 Å². The predicted octanol–water partition coefficient (Wildman–Crippen LogP) is 2.98. The summed E-state index contributed by atoms with van der Waals surface area (Å²) in [6, 6.07) is 8.87. The molecule has 5 heteroatoms. The van der Waals surface area contributed by atoms with Gasteiger partial charge in [-0.3, -0.25) is 9.89 Å². The second-order valence-corrected chi connectivity index (χ2v) is 5.69. The number of nitrogens with zero attached hydrogens (tertiary/aromatic N) is 2. The van der Waals surface area contributed by atoms with Crippen LogP contribution in [0, 0.1) is 0 Å². The van der Waals surface area contributed by atoms with Crippen molar-refractivity contribution in [1.82, 2.24) is 15.5 Å². The summed E-state index contributed by atoms with van der Waals surface area (Å²) in [5.41, 5.74) is 2.72. The van der Waals surface area contributed by atoms with E-state index >= 15 is 0 Å². The number of hydrogen-bond donors (Lipinski definition) is 2. The zero-order chi connectivity index (χ0) is 14.9. The highest BCUT2D eigenvalue weighted by atomic mass is 127. The van der Waals surface area contributed by atoms with Crippen LogP contribution in [0.5, 0.6) is 0 Å². The molecule has 0 aromatic heterocycles. The SMILES string of the molecule is CN=C(NC)NCc1cccc(CN2CCCCCC2)c1.I. The molecule has 0 atom stereocenters. The third kappa shape index (κ3) is 6.52. The number of rotatable bonds is 4. The average Bonchev–Trinajstić information content (AvgIpc) is 2.77. The maximum atomic E-state index is 4.13. The van der Waals surface area contributed by atoms with Gasteiger partial charge in [-0.25, -0.2) is 0 Å². The lowest BCUT2D eigenvalue weighted by Gasteiger charge is -2.20. The largest absolute Gasteiger partial charge is 0.359 e. The van der Waals surface area contributed by atoms with Crippen LogP contribution >= 0.6 is 24.0 Å². The summed E-state index contributed by atoms with van der Waals surface area (Å²) in [4.78, 5) is 6.72. The van der Waals surface area contributed by atoms with Crippen LogP contribution in [0.1, 0.15) is 36.8 Å². The first-order valence-corrected chi connectivity index (χ1v) is 8.00. The fourth-order valence-corrected chi connectivity index (χ4v) is 2.86. The summed E-state index contributed by atoms with van der Waals surface area (Å²) in [5, 5.41) is 6.34. The van der Waals surface area contributed by atoms with Gasteiger partial charge in [0.05, 0.1) is 0 Å². The molecular weight excluding hydrogens is 387 g/mol. The van der Waals surface area contributed by atoms with E-state index in [-0.39, 0.29) is 24.0 Å². The lowest BCUT2D eigenvalue weighted by atomic mass is 10.1. The maximum Gasteiger partial charge on any atom is 0.190 e. The normalized spacial score (nSPS) is 16.5. The topological polar surface area (TPSA) is 39.7 Å². The van der Waals surface area contributed by atoms with Crippen molar-refractivity contribution in [3.05, 3.63) is 35.4 Å². The molecule has 0 unspecified atom stereocenters. The highest BCUT2D eigenvalue weighted by Crippen LogP contribution is 2.14. The maximum absolute atomic E-state index is 4.13. The molecular formula is C17H29IN4. The Hall–Kier alpha value is -0.820. The van der Waals surface area contributed by atoms with Gasteiger partial charge in [0.1, 0.15) is 0 Å². The monoisotopic (exact) mass is 416 g/mol. The minimum absolute atomic E-state index is 0. The van der Waals surface area contributed by atoms with Gasteiger partial charge in [-0.05, 0) is 37.1 Å². The minimum atomic E-state index is 0. The summed E-state index contributed by atoms with van der Waals surface area (Å²) >= 11 is 0. The molecule has 124 valence electrons. The molecule has 22 heavy (non-hydrogen) atoms. The Morgan fingerprint density at radius 1 is 1.14 bits per heavy atom. The number of hydrogen-bond acceptors (Lipinski definition) is 2. The van der Waals surface area contributed by atoms with Gasteiger partial charge in [0.25, 0.3) is 0 Å². The van der Waals surface area contributed by atoms with Gasteiger partial charge in [0.15, 0.2) is 5.96 Å². The van der Waals surface area contributed by atoms with Crippen molar-refractivity contribution in [2.24, 2.45) is 4.99 Å². The van der Waals surface area contributed by atoms with E-state index in [0.29, 0.717) is 0 Å². The van der Waals surface area contributed by atoms with Gasteiger partial charge in [0.2, 0.25) is 0 Å². The standard InChI is InChI=1S/C17H28N4.HI/c1-18-17(19-2)20-13-15-8-7-9-16(12-15)14-21-10-5-3-4-6-11-21;/h7-9,12H,3-6,10-11,13-14H2,1-2H3,(H2,18,19,20);1H. The van der Waals surface area contributed by atoms with Crippen molar-refractivity contribution in [1.29, 1.82) is 0 Å². The number of aliphatic imine (C=N–C) groups is 1. The molecule has 0 spiro atoms. The number of likely N-dealkylation sites (tertiary alicyclic amines) is 1. The van der Waals surface area contributed by atoms with Gasteiger partial charge >= 0.3 is 0 Å². The third-order valence-corrected chi connectivity index (χ3v) is 4.02. The van der Waals surface area contributed by atoms with Gasteiger partial charge in [0, 0.05) is 27.2 Å². The van der Waals surface area contributed by atoms with Gasteiger partial charge < -0.3 is 10.6 Å². The van der Waals surface area contributed by atoms with Crippen molar-refractivity contribution in [2.45, 2.75) is 38.8 Å². The molecule has 1 aliphatic heterocycles. The van der Waals surface area contributed by atoms with Crippen LogP contribution in [0.15, 0.2) is 29.3 Å². The van der Waals surface area contributed by atoms with Crippen molar-refractivity contribution >= 4 is 29.9 Å². The molecule has 0 radical (unpaired) electrons. The van der Waals surface area contributed by atoms with Gasteiger partial charge in [-0.2, -0.15) is 0 Å². The molecule has 0 aliphatic carbocycles. The molecule has 2 rings (SSSR count). The summed E-state index contributed by atoms with van der Waals surface area (Å²) < 4.78 is 0. The first kappa shape index (κ1) is 19.2. The van der Waals surface area contributed by atoms with E-state index in [9.17, 15) is 0 Å². The Labute approximate surface area is 151 Å². The minimum Gasteiger partial charge on any atom is -0.359 e. The number of halogens is 1. The molecule has 0 bridgehead atoms. The lowest BCUT2D eigenvalue weighted by molar-refractivity contribution is 0.277. The van der Waals surface area contributed by atoms with E-state index in [4.69, 9.17) is 0 Å². The molecule has 0 saturated carbocycles. The van der Waals surface area contributed by atoms with Crippen LogP contribution in [0.25, 0.3) is 0 Å². The summed E-state index contributed by atoms with van der Waals surface area (Å²) in [5.74, 6) is 0.827. The Bertz CT molecular complexity index is 454. The Kier molecular flexibility index (Phi) is 9.47. The van der Waals surface area contributed by atoms with Crippen LogP contribution in [-0.4, -0.2) is 38.0 Å². The fourth-order valence-electron chi connectivity index (χ4n) is 2.86. The summed E-state index contributed by atoms with van der Waals surface area (Å²) in [6.07, 6.45) is 5.48. The highest BCUT2D eigenvalue weighted by Gasteiger charge is 2.09. The Morgan fingerprint density at radius 3 is 2.45 bits per heavy atom. The zero-order valence-corrected chi connectivity index (χ0v) is 16.1. The molecule has 1 aromatic rings. The number of guanidine groups is 1. The summed E-state index contributed by atoms with van der Waals surface area (Å²) in [7, 11) is 3.67. The smallest absolute Gasteiger partial charge is 0.190 e. The van der Waals surface area contributed by atoms with E-state index in [1.165, 1.54) is 49.9 Å². The van der Waals surface area contributed by atoms with Crippen LogP contribution in [-0.2, 0) is 13.1 Å². The number of nitrogens with one attached hydrogen (secondary N) is 2. The molecule has 1 fully saturated rings. The van der Waals surface area contributed by atoms with Crippen molar-refractivity contribution in [3.8, 4) is 0 Å². The van der Waals surface area contributed by atoms with E-state index in [0.717, 1.165) is 19.0 Å². The molecule has 1 heterocycles. The number of benzene rings is 1. The second kappa shape index (κ2) is 10.8. The van der Waals surface area contributed by atoms with Crippen LogP contribution in [0.2, 0.25) is 0 Å². The predicted molar refractivity (Wildman–Crippen MR) is 105 cm³/mol. The summed E-state index contributed by atoms with van der Waals surface area (Å²) in [6.45, 7) is 4.37. The molecule has 4 nitrogen and oxygen atoms in total. The fraction of sp³-hybridized carbons (Fsp3) is 0.588. The quantitative estimate of drug-likeness (QED) is 0.451. The van der Waals surface area contributed by atoms with E-state index in [2.05, 4.69) is 44.8 Å². The lowest BCUT2D eigenvalue weighted by Crippen LogP contribution is -2.34. The first-order valence-electron chi connectivity index (χ1n) is 8.00. The van der Waals surface area contributed by atoms with E-state index in [1.54, 1.807) is 7.05 Å². The van der Waals surface area contributed by atoms with E-state index < -0.39 is 0 Å². The molecule has 1 aliphatic rings. The van der Waals surface area contributed by atoms with Crippen molar-refractivity contribution in [3.63, 3.8) is 0 Å². The molecule has 2 N–H and O–H groups in total. The van der Waals surface area contributed by atoms with Crippen molar-refractivity contribution in [2.75, 3.05) is 27.2 Å². The van der Waals surface area contributed by atoms with Crippen molar-refractivity contribution < 1.29 is 0 Å². The van der Waals surface area contributed by atoms with Crippen LogP contribution < -0.4 is 10.6 Å². The van der Waals surface area contributed by atoms with Crippen LogP contribution in [0.3, 0.4) is 0 Å². The molecule has 0 amide bonds. The Morgan fingerprint density at radius 2 is 1.82 bits per heavy atom. The zero-order valence-electron chi connectivity index (χ0n) is 13.8. The Balaban J connectivity index is 0.00000242. The van der Waals surface area contributed by atoms with Gasteiger partial charge in [-0.1, -0.05) is 37.1 Å². The molecule has 1 aromatic carbocycles. The molecule has 1 saturated heterocycles. The third-order valence-electron chi connectivity index (χ3n) is 4.02. The first-order chi connectivity index (χ1) is 10.3.